The first-order valence-electron chi connectivity index (χ1n) is 13.9. The van der Waals surface area contributed by atoms with Crippen LogP contribution >= 0.6 is 0 Å². The van der Waals surface area contributed by atoms with Gasteiger partial charge in [0, 0.05) is 35.8 Å². The molecule has 0 spiro atoms. The molecule has 3 heterocycles. The lowest BCUT2D eigenvalue weighted by molar-refractivity contribution is 0.102. The largest absolute Gasteiger partial charge is 0.497 e. The minimum Gasteiger partial charge on any atom is -0.497 e. The van der Waals surface area contributed by atoms with Gasteiger partial charge in [-0.1, -0.05) is 31.4 Å². The number of H-pyrrole nitrogens is 1. The van der Waals surface area contributed by atoms with E-state index >= 15 is 0 Å². The Morgan fingerprint density at radius 3 is 2.46 bits per heavy atom. The Bertz CT molecular complexity index is 1640. The Morgan fingerprint density at radius 1 is 1.00 bits per heavy atom. The molecule has 5 aromatic rings. The quantitative estimate of drug-likeness (QED) is 0.196. The lowest BCUT2D eigenvalue weighted by Crippen LogP contribution is -2.22. The number of benzene rings is 2. The summed E-state index contributed by atoms with van der Waals surface area (Å²) in [6, 6.07) is 17.2. The molecule has 0 unspecified atom stereocenters. The van der Waals surface area contributed by atoms with E-state index in [1.807, 2.05) is 41.9 Å². The van der Waals surface area contributed by atoms with Crippen LogP contribution in [0, 0.1) is 6.92 Å². The van der Waals surface area contributed by atoms with Crippen molar-refractivity contribution in [2.24, 2.45) is 0 Å². The van der Waals surface area contributed by atoms with E-state index in [2.05, 4.69) is 20.6 Å². The van der Waals surface area contributed by atoms with Gasteiger partial charge in [0.2, 0.25) is 5.95 Å². The third kappa shape index (κ3) is 6.01. The Kier molecular flexibility index (Phi) is 7.53. The number of rotatable bonds is 9. The number of aromatic amines is 1. The number of pyridine rings is 1. The smallest absolute Gasteiger partial charge is 0.257 e. The van der Waals surface area contributed by atoms with Crippen molar-refractivity contribution >= 4 is 28.7 Å². The van der Waals surface area contributed by atoms with Crippen LogP contribution in [0.15, 0.2) is 67.0 Å². The molecule has 41 heavy (non-hydrogen) atoms. The second-order valence-corrected chi connectivity index (χ2v) is 10.3. The predicted molar refractivity (Wildman–Crippen MR) is 158 cm³/mol. The number of imidazole rings is 1. The molecule has 1 saturated carbocycles. The molecular weight excluding hydrogens is 518 g/mol. The third-order valence-corrected chi connectivity index (χ3v) is 7.31. The Morgan fingerprint density at radius 2 is 1.76 bits per heavy atom. The van der Waals surface area contributed by atoms with Crippen molar-refractivity contribution in [3.8, 4) is 17.2 Å². The van der Waals surface area contributed by atoms with Crippen molar-refractivity contribution in [1.29, 1.82) is 0 Å². The topological polar surface area (TPSA) is 119 Å². The lowest BCUT2D eigenvalue weighted by atomic mass is 9.95. The summed E-state index contributed by atoms with van der Waals surface area (Å²) in [5.41, 5.74) is 3.20. The van der Waals surface area contributed by atoms with E-state index < -0.39 is 0 Å². The van der Waals surface area contributed by atoms with E-state index in [4.69, 9.17) is 19.6 Å². The van der Waals surface area contributed by atoms with Gasteiger partial charge in [-0.05, 0) is 61.7 Å². The molecule has 0 aliphatic heterocycles. The number of nitrogens with one attached hydrogen (secondary N) is 3. The number of anilines is 2. The van der Waals surface area contributed by atoms with Crippen LogP contribution in [0.1, 0.15) is 53.7 Å². The summed E-state index contributed by atoms with van der Waals surface area (Å²) >= 11 is 0. The van der Waals surface area contributed by atoms with Crippen LogP contribution < -0.4 is 20.1 Å². The number of fused-ring (bicyclic) bond motifs is 1. The molecular formula is C31H33N7O3. The van der Waals surface area contributed by atoms with E-state index in [0.717, 1.165) is 46.7 Å². The second-order valence-electron chi connectivity index (χ2n) is 10.3. The van der Waals surface area contributed by atoms with Crippen LogP contribution in [-0.2, 0) is 6.54 Å². The molecule has 10 nitrogen and oxygen atoms in total. The van der Waals surface area contributed by atoms with Crippen molar-refractivity contribution in [1.82, 2.24) is 24.7 Å². The van der Waals surface area contributed by atoms with E-state index in [0.29, 0.717) is 35.6 Å². The highest BCUT2D eigenvalue weighted by atomic mass is 16.5. The first-order valence-corrected chi connectivity index (χ1v) is 13.9. The molecule has 0 atom stereocenters. The zero-order chi connectivity index (χ0) is 28.2. The fraction of sp³-hybridized carbons (Fsp3) is 0.290. The summed E-state index contributed by atoms with van der Waals surface area (Å²) in [6.45, 7) is 2.44. The maximum absolute atomic E-state index is 12.6. The highest BCUT2D eigenvalue weighted by molar-refractivity contribution is 6.03. The molecule has 1 aliphatic rings. The summed E-state index contributed by atoms with van der Waals surface area (Å²) in [7, 11) is 1.66. The second kappa shape index (κ2) is 11.7. The van der Waals surface area contributed by atoms with Crippen molar-refractivity contribution in [2.75, 3.05) is 17.7 Å². The van der Waals surface area contributed by atoms with Crippen molar-refractivity contribution in [2.45, 2.75) is 51.6 Å². The average Bonchev–Trinajstić information content (AvgIpc) is 3.57. The summed E-state index contributed by atoms with van der Waals surface area (Å²) in [5.74, 6) is 3.00. The molecule has 0 saturated heterocycles. The molecule has 1 aliphatic carbocycles. The molecule has 10 heteroatoms. The minimum atomic E-state index is -0.254. The third-order valence-electron chi connectivity index (χ3n) is 7.31. The standard InChI is InChI=1S/C31H33N7O3/c1-20-18-33-31(34-20)36-30(39)22-10-14-25(15-11-22)41-26-16-17-32-29-27(26)28(35-23-6-4-3-5-7-23)37-38(29)19-21-8-12-24(40-2)13-9-21/h8-18,23H,3-7,19H2,1-2H3,(H,35,37)(H2,33,34,36,39). The van der Waals surface area contributed by atoms with Gasteiger partial charge in [-0.3, -0.25) is 10.1 Å². The maximum atomic E-state index is 12.6. The van der Waals surface area contributed by atoms with Gasteiger partial charge in [0.05, 0.1) is 13.7 Å². The zero-order valence-corrected chi connectivity index (χ0v) is 23.2. The molecule has 210 valence electrons. The van der Waals surface area contributed by atoms with Crippen LogP contribution in [0.2, 0.25) is 0 Å². The van der Waals surface area contributed by atoms with Crippen molar-refractivity contribution < 1.29 is 14.3 Å². The Balaban J connectivity index is 1.28. The fourth-order valence-electron chi connectivity index (χ4n) is 5.17. The summed E-state index contributed by atoms with van der Waals surface area (Å²) in [6.07, 6.45) is 9.33. The van der Waals surface area contributed by atoms with Gasteiger partial charge in [-0.15, -0.1) is 0 Å². The number of aromatic nitrogens is 5. The zero-order valence-electron chi connectivity index (χ0n) is 23.2. The molecule has 0 bridgehead atoms. The highest BCUT2D eigenvalue weighted by Gasteiger charge is 2.21. The highest BCUT2D eigenvalue weighted by Crippen LogP contribution is 2.36. The number of aryl methyl sites for hydroxylation is 1. The summed E-state index contributed by atoms with van der Waals surface area (Å²) in [5, 5.41) is 12.3. The van der Waals surface area contributed by atoms with Crippen LogP contribution in [0.25, 0.3) is 11.0 Å². The van der Waals surface area contributed by atoms with Gasteiger partial charge in [0.1, 0.15) is 22.6 Å². The van der Waals surface area contributed by atoms with E-state index in [9.17, 15) is 4.79 Å². The normalized spacial score (nSPS) is 13.7. The van der Waals surface area contributed by atoms with Crippen LogP contribution in [0.5, 0.6) is 17.2 Å². The van der Waals surface area contributed by atoms with Crippen LogP contribution in [0.3, 0.4) is 0 Å². The number of amides is 1. The summed E-state index contributed by atoms with van der Waals surface area (Å²) < 4.78 is 13.6. The van der Waals surface area contributed by atoms with Crippen LogP contribution in [-0.4, -0.2) is 43.8 Å². The van der Waals surface area contributed by atoms with E-state index in [1.54, 1.807) is 43.8 Å². The molecule has 0 radical (unpaired) electrons. The summed E-state index contributed by atoms with van der Waals surface area (Å²) in [4.78, 5) is 24.5. The average molecular weight is 552 g/mol. The fourth-order valence-corrected chi connectivity index (χ4v) is 5.17. The number of nitrogens with zero attached hydrogens (tertiary/aromatic N) is 4. The first-order chi connectivity index (χ1) is 20.1. The van der Waals surface area contributed by atoms with Crippen LogP contribution in [0.4, 0.5) is 11.8 Å². The molecule has 3 aromatic heterocycles. The Hall–Kier alpha value is -4.86. The lowest BCUT2D eigenvalue weighted by Gasteiger charge is -2.22. The van der Waals surface area contributed by atoms with E-state index in [-0.39, 0.29) is 5.91 Å². The van der Waals surface area contributed by atoms with Crippen molar-refractivity contribution in [3.05, 3.63) is 83.8 Å². The number of ether oxygens (including phenoxy) is 2. The van der Waals surface area contributed by atoms with Gasteiger partial charge >= 0.3 is 0 Å². The minimum absolute atomic E-state index is 0.254. The molecule has 1 fully saturated rings. The SMILES string of the molecule is COc1ccc(Cn2nc(NC3CCCCC3)c3c(Oc4ccc(C(=O)Nc5ncc(C)[nH]5)cc4)ccnc32)cc1. The number of hydrogen-bond acceptors (Lipinski definition) is 7. The number of hydrogen-bond donors (Lipinski definition) is 3. The van der Waals surface area contributed by atoms with Gasteiger partial charge < -0.3 is 19.8 Å². The molecule has 6 rings (SSSR count). The van der Waals surface area contributed by atoms with E-state index in [1.165, 1.54) is 19.3 Å². The molecule has 1 amide bonds. The van der Waals surface area contributed by atoms with Gasteiger partial charge in [-0.25, -0.2) is 14.6 Å². The first kappa shape index (κ1) is 26.4. The molecule has 2 aromatic carbocycles. The number of methoxy groups -OCH3 is 1. The maximum Gasteiger partial charge on any atom is 0.257 e. The van der Waals surface area contributed by atoms with Gasteiger partial charge in [0.15, 0.2) is 11.5 Å². The van der Waals surface area contributed by atoms with Gasteiger partial charge in [-0.2, -0.15) is 5.10 Å². The van der Waals surface area contributed by atoms with Crippen molar-refractivity contribution in [3.63, 3.8) is 0 Å². The monoisotopic (exact) mass is 551 g/mol. The van der Waals surface area contributed by atoms with Gasteiger partial charge in [0.25, 0.3) is 5.91 Å². The molecule has 3 N–H and O–H groups in total. The number of carbonyl (C=O) groups is 1. The predicted octanol–water partition coefficient (Wildman–Crippen LogP) is 6.31. The Labute approximate surface area is 238 Å². The number of carbonyl (C=O) groups excluding carboxylic acids is 1.